The maximum Gasteiger partial charge on any atom is 0.306 e. The lowest BCUT2D eigenvalue weighted by atomic mass is 9.83. The molecule has 0 bridgehead atoms. The SMILES string of the molecule is COCCCOc1cc(C[C@@H](CC[C@H](C[C@H](C(=O)O)C(C)C)O[Si](C)(C)C(C)(C)C)C(C)C)ccc1OC. The van der Waals surface area contributed by atoms with Crippen LogP contribution in [0.1, 0.15) is 79.7 Å². The quantitative estimate of drug-likeness (QED) is 0.148. The van der Waals surface area contributed by atoms with E-state index in [0.717, 1.165) is 37.2 Å². The Morgan fingerprint density at radius 1 is 0.974 bits per heavy atom. The molecule has 0 amide bonds. The van der Waals surface area contributed by atoms with Crippen molar-refractivity contribution in [3.8, 4) is 11.5 Å². The van der Waals surface area contributed by atoms with E-state index in [9.17, 15) is 9.90 Å². The highest BCUT2D eigenvalue weighted by molar-refractivity contribution is 6.74. The van der Waals surface area contributed by atoms with Crippen LogP contribution in [-0.2, 0) is 20.4 Å². The van der Waals surface area contributed by atoms with Crippen molar-refractivity contribution in [2.45, 2.75) is 105 Å². The largest absolute Gasteiger partial charge is 0.493 e. The summed E-state index contributed by atoms with van der Waals surface area (Å²) in [5, 5.41) is 9.97. The van der Waals surface area contributed by atoms with Crippen molar-refractivity contribution in [2.24, 2.45) is 23.7 Å². The zero-order valence-corrected chi connectivity index (χ0v) is 27.1. The fraction of sp³-hybridized carbons (Fsp3) is 0.774. The standard InChI is InChI=1S/C31H56O6Si/c1-22(2)25(19-24-13-16-28(35-9)29(20-24)36-18-12-17-34-8)14-15-26(21-27(23(3)4)30(32)33)37-38(10,11)31(5,6)7/h13,16,20,22-23,25-27H,12,14-15,17-19,21H2,1-11H3,(H,32,33)/t25-,26-,27+/m1/s1. The van der Waals surface area contributed by atoms with Crippen LogP contribution in [0.15, 0.2) is 18.2 Å². The molecular weight excluding hydrogens is 496 g/mol. The maximum absolute atomic E-state index is 12.0. The molecule has 0 radical (unpaired) electrons. The first-order valence-corrected chi connectivity index (χ1v) is 17.2. The summed E-state index contributed by atoms with van der Waals surface area (Å²) in [4.78, 5) is 12.0. The summed E-state index contributed by atoms with van der Waals surface area (Å²) in [6, 6.07) is 6.21. The molecule has 38 heavy (non-hydrogen) atoms. The van der Waals surface area contributed by atoms with Crippen LogP contribution in [0, 0.1) is 23.7 Å². The number of carbonyl (C=O) groups is 1. The number of hydrogen-bond acceptors (Lipinski definition) is 5. The Balaban J connectivity index is 3.07. The summed E-state index contributed by atoms with van der Waals surface area (Å²) in [5.74, 6) is 1.38. The van der Waals surface area contributed by atoms with Crippen molar-refractivity contribution in [3.63, 3.8) is 0 Å². The zero-order chi connectivity index (χ0) is 29.1. The minimum absolute atomic E-state index is 0.0591. The number of methoxy groups -OCH3 is 2. The second-order valence-electron chi connectivity index (χ2n) is 12.9. The molecule has 0 saturated carbocycles. The average molecular weight is 553 g/mol. The van der Waals surface area contributed by atoms with Crippen LogP contribution in [0.25, 0.3) is 0 Å². The van der Waals surface area contributed by atoms with Crippen LogP contribution < -0.4 is 9.47 Å². The summed E-state index contributed by atoms with van der Waals surface area (Å²) in [6.07, 6.45) is 4.10. The van der Waals surface area contributed by atoms with E-state index in [4.69, 9.17) is 18.6 Å². The smallest absolute Gasteiger partial charge is 0.306 e. The van der Waals surface area contributed by atoms with Crippen molar-refractivity contribution in [1.29, 1.82) is 0 Å². The lowest BCUT2D eigenvalue weighted by Crippen LogP contribution is -2.45. The van der Waals surface area contributed by atoms with Crippen LogP contribution in [0.2, 0.25) is 18.1 Å². The Bertz CT molecular complexity index is 830. The van der Waals surface area contributed by atoms with E-state index in [1.54, 1.807) is 14.2 Å². The number of rotatable bonds is 18. The summed E-state index contributed by atoms with van der Waals surface area (Å²) in [5.41, 5.74) is 1.22. The van der Waals surface area contributed by atoms with Gasteiger partial charge in [-0.25, -0.2) is 0 Å². The second-order valence-corrected chi connectivity index (χ2v) is 17.6. The van der Waals surface area contributed by atoms with Crippen molar-refractivity contribution < 1.29 is 28.5 Å². The third kappa shape index (κ3) is 11.3. The normalized spacial score (nSPS) is 15.0. The van der Waals surface area contributed by atoms with Gasteiger partial charge in [0.25, 0.3) is 0 Å². The van der Waals surface area contributed by atoms with E-state index in [-0.39, 0.29) is 17.1 Å². The first kappa shape index (κ1) is 34.5. The number of aliphatic carboxylic acids is 1. The van der Waals surface area contributed by atoms with Gasteiger partial charge in [-0.3, -0.25) is 4.79 Å². The van der Waals surface area contributed by atoms with Gasteiger partial charge in [0.05, 0.1) is 19.6 Å². The molecular formula is C31H56O6Si. The highest BCUT2D eigenvalue weighted by atomic mass is 28.4. The van der Waals surface area contributed by atoms with Gasteiger partial charge >= 0.3 is 5.97 Å². The minimum atomic E-state index is -2.05. The van der Waals surface area contributed by atoms with Crippen LogP contribution >= 0.6 is 0 Å². The highest BCUT2D eigenvalue weighted by Gasteiger charge is 2.40. The van der Waals surface area contributed by atoms with E-state index < -0.39 is 20.2 Å². The average Bonchev–Trinajstić information content (AvgIpc) is 2.81. The molecule has 0 aliphatic carbocycles. The van der Waals surface area contributed by atoms with Gasteiger partial charge in [-0.05, 0) is 79.3 Å². The Labute approximate surface area is 233 Å². The molecule has 1 aromatic carbocycles. The highest BCUT2D eigenvalue weighted by Crippen LogP contribution is 2.39. The first-order chi connectivity index (χ1) is 17.6. The van der Waals surface area contributed by atoms with Gasteiger partial charge in [-0.1, -0.05) is 54.5 Å². The lowest BCUT2D eigenvalue weighted by Gasteiger charge is -2.40. The number of carboxylic acid groups (broad SMARTS) is 1. The number of hydrogen-bond donors (Lipinski definition) is 1. The molecule has 0 saturated heterocycles. The van der Waals surface area contributed by atoms with E-state index in [1.165, 1.54) is 5.56 Å². The molecule has 0 aliphatic heterocycles. The lowest BCUT2D eigenvalue weighted by molar-refractivity contribution is -0.144. The topological polar surface area (TPSA) is 74.2 Å². The predicted octanol–water partition coefficient (Wildman–Crippen LogP) is 7.84. The van der Waals surface area contributed by atoms with E-state index in [1.807, 2.05) is 19.9 Å². The molecule has 1 N–H and O–H groups in total. The van der Waals surface area contributed by atoms with Gasteiger partial charge in [-0.2, -0.15) is 0 Å². The van der Waals surface area contributed by atoms with Crippen LogP contribution in [0.3, 0.4) is 0 Å². The minimum Gasteiger partial charge on any atom is -0.493 e. The summed E-state index contributed by atoms with van der Waals surface area (Å²) >= 11 is 0. The number of benzene rings is 1. The summed E-state index contributed by atoms with van der Waals surface area (Å²) < 4.78 is 23.5. The zero-order valence-electron chi connectivity index (χ0n) is 26.1. The fourth-order valence-electron chi connectivity index (χ4n) is 4.48. The predicted molar refractivity (Wildman–Crippen MR) is 159 cm³/mol. The Kier molecular flexibility index (Phi) is 14.4. The molecule has 0 unspecified atom stereocenters. The Morgan fingerprint density at radius 2 is 1.63 bits per heavy atom. The Hall–Kier alpha value is -1.57. The van der Waals surface area contributed by atoms with Crippen LogP contribution in [0.5, 0.6) is 11.5 Å². The van der Waals surface area contributed by atoms with Crippen molar-refractivity contribution in [1.82, 2.24) is 0 Å². The number of ether oxygens (including phenoxy) is 3. The maximum atomic E-state index is 12.0. The number of carboxylic acids is 1. The van der Waals surface area contributed by atoms with Gasteiger partial charge in [0.15, 0.2) is 19.8 Å². The third-order valence-corrected chi connectivity index (χ3v) is 12.7. The molecule has 1 rings (SSSR count). The molecule has 6 nitrogen and oxygen atoms in total. The molecule has 220 valence electrons. The third-order valence-electron chi connectivity index (χ3n) is 8.18. The van der Waals surface area contributed by atoms with Crippen LogP contribution in [0.4, 0.5) is 0 Å². The van der Waals surface area contributed by atoms with Gasteiger partial charge in [0, 0.05) is 26.2 Å². The molecule has 0 aliphatic rings. The summed E-state index contributed by atoms with van der Waals surface area (Å²) in [7, 11) is 1.31. The van der Waals surface area contributed by atoms with Gasteiger partial charge in [-0.15, -0.1) is 0 Å². The molecule has 0 aromatic heterocycles. The Morgan fingerprint density at radius 3 is 2.13 bits per heavy atom. The molecule has 7 heteroatoms. The molecule has 1 aromatic rings. The molecule has 0 fully saturated rings. The molecule has 0 spiro atoms. The van der Waals surface area contributed by atoms with Crippen molar-refractivity contribution in [2.75, 3.05) is 27.4 Å². The van der Waals surface area contributed by atoms with Gasteiger partial charge in [0.2, 0.25) is 0 Å². The second kappa shape index (κ2) is 15.9. The van der Waals surface area contributed by atoms with Crippen molar-refractivity contribution in [3.05, 3.63) is 23.8 Å². The van der Waals surface area contributed by atoms with Gasteiger partial charge < -0.3 is 23.7 Å². The van der Waals surface area contributed by atoms with Crippen LogP contribution in [-0.4, -0.2) is 52.9 Å². The van der Waals surface area contributed by atoms with E-state index in [2.05, 4.69) is 59.8 Å². The monoisotopic (exact) mass is 552 g/mol. The molecule has 3 atom stereocenters. The molecule has 0 heterocycles. The van der Waals surface area contributed by atoms with Gasteiger partial charge in [0.1, 0.15) is 0 Å². The van der Waals surface area contributed by atoms with Crippen molar-refractivity contribution >= 4 is 14.3 Å². The van der Waals surface area contributed by atoms with E-state index in [0.29, 0.717) is 31.5 Å². The summed E-state index contributed by atoms with van der Waals surface area (Å²) in [6.45, 7) is 21.0. The first-order valence-electron chi connectivity index (χ1n) is 14.3. The van der Waals surface area contributed by atoms with E-state index >= 15 is 0 Å². The fourth-order valence-corrected chi connectivity index (χ4v) is 5.88.